The van der Waals surface area contributed by atoms with Crippen LogP contribution in [0.1, 0.15) is 62.5 Å². The maximum Gasteiger partial charge on any atom is 0.329 e. The molecular formula is C50H64N12O12S2. The number of para-hydroxylation sites is 4. The average molecular weight is 1090 g/mol. The number of amides is 8. The minimum absolute atomic E-state index is 0.193. The smallest absolute Gasteiger partial charge is 0.329 e. The second-order valence-electron chi connectivity index (χ2n) is 18.8. The number of esters is 2. The maximum atomic E-state index is 14.6. The van der Waals surface area contributed by atoms with Crippen molar-refractivity contribution < 1.29 is 57.4 Å². The summed E-state index contributed by atoms with van der Waals surface area (Å²) < 4.78 is 10.4. The van der Waals surface area contributed by atoms with Crippen LogP contribution >= 0.6 is 24.4 Å². The van der Waals surface area contributed by atoms with Gasteiger partial charge in [0.25, 0.3) is 11.8 Å². The first-order chi connectivity index (χ1) is 35.9. The topological polar surface area (TPSA) is 302 Å². The quantitative estimate of drug-likeness (QED) is 0.0909. The second-order valence-corrected chi connectivity index (χ2v) is 20.7. The van der Waals surface area contributed by atoms with E-state index in [1.807, 2.05) is 0 Å². The van der Waals surface area contributed by atoms with Crippen molar-refractivity contribution in [2.75, 3.05) is 54.2 Å². The third-order valence-electron chi connectivity index (χ3n) is 12.4. The van der Waals surface area contributed by atoms with Crippen molar-refractivity contribution in [1.82, 2.24) is 60.8 Å². The standard InChI is InChI=1S/C50H64N12O12S2/c1-25(2)38-48(71)73-23-36(58-42(65)34-21-52-30-17-13-15-19-32(30)56-34)44(67)54-28(6)46(69)62(10)40(50(75)76-11)47(70)61(9)39(26(3)4)49(72)74-24-35(43(66)53-27(5)45(68)59(7)22-37(63)60(38)8)57-41(64)33-20-51-29-16-12-14-18-31(29)55-33/h12-21,25-28,35-36,38-40,50,75H,22-24H2,1-11H3,(H,53,66)(H,54,67)(H,57,64)(H,58,65)/t27-,28-,35+,36+,38?,39?,40?,50-/m0/s1. The van der Waals surface area contributed by atoms with Crippen LogP contribution in [-0.4, -0.2) is 200 Å². The van der Waals surface area contributed by atoms with Crippen LogP contribution in [0.3, 0.4) is 0 Å². The van der Waals surface area contributed by atoms with Gasteiger partial charge in [-0.15, -0.1) is 11.8 Å². The summed E-state index contributed by atoms with van der Waals surface area (Å²) in [7, 11) is 5.21. The number of likely N-dealkylation sites (N-methyl/N-ethyl adjacent to an activating group) is 4. The fourth-order valence-corrected chi connectivity index (χ4v) is 9.13. The number of rotatable bonds is 8. The molecule has 24 nitrogen and oxygen atoms in total. The molecule has 2 aromatic carbocycles. The van der Waals surface area contributed by atoms with Crippen LogP contribution in [0.15, 0.2) is 60.9 Å². The van der Waals surface area contributed by atoms with Crippen LogP contribution in [0, 0.1) is 11.8 Å². The highest BCUT2D eigenvalue weighted by atomic mass is 32.2. The molecule has 3 unspecified atom stereocenters. The zero-order chi connectivity index (χ0) is 56.3. The van der Waals surface area contributed by atoms with Crippen molar-refractivity contribution in [2.45, 2.75) is 88.4 Å². The average Bonchev–Trinajstić information content (AvgIpc) is 3.39. The number of carbonyl (C=O) groups is 10. The van der Waals surface area contributed by atoms with E-state index in [2.05, 4.69) is 53.8 Å². The number of fused-ring (bicyclic) bond motifs is 2. The monoisotopic (exact) mass is 1090 g/mol. The minimum Gasteiger partial charge on any atom is -0.461 e. The van der Waals surface area contributed by atoms with Gasteiger partial charge < -0.3 is 50.3 Å². The van der Waals surface area contributed by atoms with Crippen molar-refractivity contribution in [2.24, 2.45) is 11.8 Å². The summed E-state index contributed by atoms with van der Waals surface area (Å²) in [6.45, 7) is 6.92. The number of aromatic nitrogens is 4. The van der Waals surface area contributed by atoms with E-state index in [-0.39, 0.29) is 11.4 Å². The molecule has 26 heteroatoms. The molecule has 1 fully saturated rings. The van der Waals surface area contributed by atoms with E-state index < -0.39 is 138 Å². The van der Waals surface area contributed by atoms with Gasteiger partial charge in [-0.2, -0.15) is 12.6 Å². The molecule has 2 aromatic heterocycles. The number of nitrogens with one attached hydrogen (secondary N) is 4. The molecule has 0 bridgehead atoms. The van der Waals surface area contributed by atoms with Gasteiger partial charge in [-0.3, -0.25) is 48.3 Å². The van der Waals surface area contributed by atoms with Crippen LogP contribution in [-0.2, 0) is 47.8 Å². The Morgan fingerprint density at radius 2 is 1.01 bits per heavy atom. The van der Waals surface area contributed by atoms with Crippen LogP contribution in [0.4, 0.5) is 0 Å². The number of cyclic esters (lactones) is 2. The third kappa shape index (κ3) is 14.5. The van der Waals surface area contributed by atoms with Gasteiger partial charge >= 0.3 is 11.9 Å². The molecule has 3 heterocycles. The highest BCUT2D eigenvalue weighted by molar-refractivity contribution is 8.10. The number of carbonyl (C=O) groups excluding carboxylic acids is 10. The highest BCUT2D eigenvalue weighted by Crippen LogP contribution is 2.25. The van der Waals surface area contributed by atoms with Crippen LogP contribution < -0.4 is 21.3 Å². The summed E-state index contributed by atoms with van der Waals surface area (Å²) in [5.74, 6) is -10.1. The summed E-state index contributed by atoms with van der Waals surface area (Å²) in [5.41, 5.74) is 1.33. The van der Waals surface area contributed by atoms with E-state index >= 15 is 0 Å². The Kier molecular flexibility index (Phi) is 20.6. The second kappa shape index (κ2) is 26.3. The Morgan fingerprint density at radius 1 is 0.618 bits per heavy atom. The first-order valence-corrected chi connectivity index (χ1v) is 25.9. The molecule has 4 N–H and O–H groups in total. The lowest BCUT2D eigenvalue weighted by molar-refractivity contribution is -0.160. The van der Waals surface area contributed by atoms with Gasteiger partial charge in [-0.25, -0.2) is 19.6 Å². The normalized spacial score (nSPS) is 23.3. The lowest BCUT2D eigenvalue weighted by atomic mass is 10.0. The summed E-state index contributed by atoms with van der Waals surface area (Å²) in [6, 6.07) is 3.31. The number of hydrogen-bond donors (Lipinski definition) is 5. The van der Waals surface area contributed by atoms with Crippen LogP contribution in [0.2, 0.25) is 0 Å². The Hall–Kier alpha value is -7.48. The van der Waals surface area contributed by atoms with Gasteiger partial charge in [-0.1, -0.05) is 52.0 Å². The van der Waals surface area contributed by atoms with Crippen molar-refractivity contribution in [3.63, 3.8) is 0 Å². The van der Waals surface area contributed by atoms with Gasteiger partial charge in [0.05, 0.1) is 45.6 Å². The predicted molar refractivity (Wildman–Crippen MR) is 282 cm³/mol. The zero-order valence-electron chi connectivity index (χ0n) is 44.0. The van der Waals surface area contributed by atoms with E-state index in [4.69, 9.17) is 9.47 Å². The fourth-order valence-electron chi connectivity index (χ4n) is 8.25. The predicted octanol–water partition coefficient (Wildman–Crippen LogP) is 0.450. The first kappa shape index (κ1) is 59.4. The van der Waals surface area contributed by atoms with Crippen LogP contribution in [0.5, 0.6) is 0 Å². The maximum absolute atomic E-state index is 14.6. The Morgan fingerprint density at radius 3 is 1.43 bits per heavy atom. The Balaban J connectivity index is 1.51. The number of nitrogens with zero attached hydrogens (tertiary/aromatic N) is 8. The molecule has 1 saturated heterocycles. The summed E-state index contributed by atoms with van der Waals surface area (Å²) >= 11 is 5.73. The summed E-state index contributed by atoms with van der Waals surface area (Å²) in [4.78, 5) is 162. The van der Waals surface area contributed by atoms with E-state index in [0.29, 0.717) is 22.1 Å². The fraction of sp³-hybridized carbons (Fsp3) is 0.480. The van der Waals surface area contributed by atoms with Crippen molar-refractivity contribution in [1.29, 1.82) is 0 Å². The lowest BCUT2D eigenvalue weighted by Crippen LogP contribution is -2.60. The minimum atomic E-state index is -1.68. The van der Waals surface area contributed by atoms with Crippen molar-refractivity contribution in [3.8, 4) is 0 Å². The molecule has 1 aliphatic rings. The molecule has 408 valence electrons. The highest BCUT2D eigenvalue weighted by Gasteiger charge is 2.42. The number of benzene rings is 2. The molecule has 0 radical (unpaired) electrons. The first-order valence-electron chi connectivity index (χ1n) is 24.1. The number of ether oxygens (including phenoxy) is 2. The van der Waals surface area contributed by atoms with E-state index in [9.17, 15) is 47.9 Å². The molecule has 1 aliphatic heterocycles. The zero-order valence-corrected chi connectivity index (χ0v) is 45.7. The van der Waals surface area contributed by atoms with Crippen molar-refractivity contribution >= 4 is 106 Å². The number of hydrogen-bond acceptors (Lipinski definition) is 18. The van der Waals surface area contributed by atoms with Gasteiger partial charge in [-0.05, 0) is 56.2 Å². The molecule has 0 aliphatic carbocycles. The molecule has 5 rings (SSSR count). The summed E-state index contributed by atoms with van der Waals surface area (Å²) in [5, 5.41) is 10.0. The van der Waals surface area contributed by atoms with E-state index in [0.717, 1.165) is 31.4 Å². The molecule has 76 heavy (non-hydrogen) atoms. The molecule has 0 spiro atoms. The molecule has 8 atom stereocenters. The van der Waals surface area contributed by atoms with Gasteiger partial charge in [0, 0.05) is 28.2 Å². The van der Waals surface area contributed by atoms with Gasteiger partial charge in [0.15, 0.2) is 0 Å². The Bertz CT molecular complexity index is 2860. The Labute approximate surface area is 448 Å². The van der Waals surface area contributed by atoms with E-state index in [1.165, 1.54) is 54.4 Å². The number of thioether (sulfide) groups is 1. The van der Waals surface area contributed by atoms with Gasteiger partial charge in [0.2, 0.25) is 35.4 Å². The molecule has 4 aromatic rings. The lowest BCUT2D eigenvalue weighted by Gasteiger charge is -2.38. The largest absolute Gasteiger partial charge is 0.461 e. The van der Waals surface area contributed by atoms with Crippen LogP contribution in [0.25, 0.3) is 22.1 Å². The SMILES string of the molecule is CS[C@H](S)C1C(=O)N(C)C(C(C)C)C(=O)OC[C@@H](NC(=O)c2cnc3ccccc3n2)C(=O)N[C@@H](C)C(=O)N(C)CC(=O)N(C)C(C(C)C)C(=O)OC[C@@H](NC(=O)c2cnc3ccccc3n2)C(=O)N[C@@H](C)C(=O)N1C. The molecule has 8 amide bonds. The van der Waals surface area contributed by atoms with Gasteiger partial charge in [0.1, 0.15) is 66.9 Å². The summed E-state index contributed by atoms with van der Waals surface area (Å²) in [6.07, 6.45) is 4.02. The third-order valence-corrected chi connectivity index (χ3v) is 14.1. The molecule has 0 saturated carbocycles. The van der Waals surface area contributed by atoms with E-state index in [1.54, 1.807) is 82.5 Å². The number of thiol groups is 1. The van der Waals surface area contributed by atoms with Crippen molar-refractivity contribution in [3.05, 3.63) is 72.3 Å². The molecular weight excluding hydrogens is 1020 g/mol.